The molecule has 0 spiro atoms. The van der Waals surface area contributed by atoms with E-state index >= 15 is 0 Å². The van der Waals surface area contributed by atoms with Crippen LogP contribution in [0.3, 0.4) is 0 Å². The molecule has 2 aliphatic heterocycles. The summed E-state index contributed by atoms with van der Waals surface area (Å²) in [4.78, 5) is 1.92. The van der Waals surface area contributed by atoms with E-state index in [9.17, 15) is 0 Å². The summed E-state index contributed by atoms with van der Waals surface area (Å²) >= 11 is 0. The van der Waals surface area contributed by atoms with Gasteiger partial charge in [0.25, 0.3) is 0 Å². The highest BCUT2D eigenvalue weighted by molar-refractivity contribution is 8.59. The van der Waals surface area contributed by atoms with Gasteiger partial charge in [-0.05, 0) is 20.2 Å². The normalized spacial score (nSPS) is 25.4. The maximum absolute atomic E-state index is 4.95. The van der Waals surface area contributed by atoms with Crippen molar-refractivity contribution in [2.45, 2.75) is 136 Å². The first kappa shape index (κ1) is 27.5. The fraction of sp³-hybridized carbons (Fsp3) is 0.913. The molecule has 0 amide bonds. The highest BCUT2D eigenvalue weighted by Gasteiger charge is 3.00. The molecule has 0 aromatic rings. The second-order valence-corrected chi connectivity index (χ2v) is 82.8. The first-order valence-corrected chi connectivity index (χ1v) is 34.1. The van der Waals surface area contributed by atoms with Gasteiger partial charge < -0.3 is 0 Å². The van der Waals surface area contributed by atoms with Crippen molar-refractivity contribution in [1.29, 1.82) is 0 Å². The predicted molar refractivity (Wildman–Crippen MR) is 158 cm³/mol. The quantitative estimate of drug-likeness (QED) is 0.328. The van der Waals surface area contributed by atoms with Crippen LogP contribution in [0, 0.1) is 0 Å². The summed E-state index contributed by atoms with van der Waals surface area (Å²) in [6, 6.07) is 0. The van der Waals surface area contributed by atoms with E-state index in [1.165, 1.54) is 0 Å². The SMILES string of the molecule is C=C([Si]1[Si]2[Si]([Si](C)(C(C)(C)C)C(C)(C)C)[Si]12[Si](C)(C(C)(C)C)C(C)(C)C)[Si](C)(C)C. The lowest BCUT2D eigenvalue weighted by Crippen LogP contribution is -2.74. The van der Waals surface area contributed by atoms with Crippen molar-refractivity contribution in [3.05, 3.63) is 11.4 Å². The highest BCUT2D eigenvalue weighted by atomic mass is 30.9. The molecule has 30 heavy (non-hydrogen) atoms. The van der Waals surface area contributed by atoms with Gasteiger partial charge in [0.1, 0.15) is 0 Å². The molecule has 0 aliphatic carbocycles. The van der Waals surface area contributed by atoms with E-state index in [-0.39, 0.29) is 22.5 Å². The van der Waals surface area contributed by atoms with E-state index in [2.05, 4.69) is 116 Å². The van der Waals surface area contributed by atoms with E-state index in [1.54, 1.807) is 0 Å². The third kappa shape index (κ3) is 3.29. The Labute approximate surface area is 198 Å². The van der Waals surface area contributed by atoms with Crippen molar-refractivity contribution < 1.29 is 0 Å². The van der Waals surface area contributed by atoms with Crippen LogP contribution in [0.1, 0.15) is 83.1 Å². The topological polar surface area (TPSA) is 0 Å². The molecule has 2 aliphatic rings. The van der Waals surface area contributed by atoms with Crippen molar-refractivity contribution in [3.8, 4) is 0 Å². The van der Waals surface area contributed by atoms with Gasteiger partial charge in [-0.25, -0.2) is 0 Å². The summed E-state index contributed by atoms with van der Waals surface area (Å²) in [5.74, 6) is 0. The molecule has 2 fully saturated rings. The van der Waals surface area contributed by atoms with Gasteiger partial charge in [-0.1, -0.05) is 116 Å². The zero-order chi connectivity index (χ0) is 24.3. The predicted octanol–water partition coefficient (Wildman–Crippen LogP) is 7.83. The number of hydrogen-bond acceptors (Lipinski definition) is 0. The Bertz CT molecular complexity index is 693. The van der Waals surface area contributed by atoms with E-state index in [1.807, 2.05) is 4.82 Å². The minimum atomic E-state index is -1.43. The Morgan fingerprint density at radius 1 is 0.633 bits per heavy atom. The Hall–Kier alpha value is 1.26. The fourth-order valence-corrected chi connectivity index (χ4v) is 322. The zero-order valence-electron chi connectivity index (χ0n) is 23.7. The van der Waals surface area contributed by atoms with Crippen LogP contribution in [0.25, 0.3) is 0 Å². The lowest BCUT2D eigenvalue weighted by molar-refractivity contribution is 0.634. The van der Waals surface area contributed by atoms with Crippen LogP contribution < -0.4 is 0 Å². The van der Waals surface area contributed by atoms with Crippen LogP contribution in [0.15, 0.2) is 11.4 Å². The minimum Gasteiger partial charge on any atom is -0.108 e. The highest BCUT2D eigenvalue weighted by Crippen LogP contribution is 2.74. The van der Waals surface area contributed by atoms with Crippen LogP contribution in [0.4, 0.5) is 0 Å². The minimum absolute atomic E-state index is 0.0220. The molecule has 1 unspecified atom stereocenters. The monoisotopic (exact) mass is 525 g/mol. The summed E-state index contributed by atoms with van der Waals surface area (Å²) in [6.07, 6.45) is -1.11. The first-order chi connectivity index (χ1) is 12.8. The smallest absolute Gasteiger partial charge is 0.0664 e. The van der Waals surface area contributed by atoms with E-state index in [0.717, 1.165) is 0 Å². The number of rotatable bonds is 4. The van der Waals surface area contributed by atoms with Crippen LogP contribution >= 0.6 is 0 Å². The molecule has 2 saturated heterocycles. The van der Waals surface area contributed by atoms with E-state index in [4.69, 9.17) is 6.58 Å². The molecule has 173 valence electrons. The molecule has 0 N–H and O–H groups in total. The van der Waals surface area contributed by atoms with Gasteiger partial charge >= 0.3 is 0 Å². The van der Waals surface area contributed by atoms with Gasteiger partial charge in [0.15, 0.2) is 0 Å². The molecule has 2 rings (SSSR count). The standard InChI is InChI=1S/C23H53Si7/c1-19(27(14,15)16)24-25-26(28(17,20(2,3)4)21(5,6)7)30(24,25)29(18,22(8,9)10)23(11,12)13/h1H2,2-18H3. The van der Waals surface area contributed by atoms with Crippen molar-refractivity contribution in [2.24, 2.45) is 0 Å². The molecular formula is C23H53Si7. The lowest BCUT2D eigenvalue weighted by atomic mass is 10.2. The van der Waals surface area contributed by atoms with Gasteiger partial charge in [0.05, 0.1) is 8.07 Å². The summed E-state index contributed by atoms with van der Waals surface area (Å²) < 4.78 is 0. The maximum Gasteiger partial charge on any atom is 0.0664 e. The maximum atomic E-state index is 4.95. The number of fused-ring (bicyclic) bond motifs is 1. The van der Waals surface area contributed by atoms with Crippen LogP contribution in [-0.4, -0.2) is 51.9 Å². The molecule has 0 aromatic carbocycles. The largest absolute Gasteiger partial charge is 0.108 e. The zero-order valence-corrected chi connectivity index (χ0v) is 30.7. The summed E-state index contributed by atoms with van der Waals surface area (Å²) in [5, 5.41) is 2.17. The average Bonchev–Trinajstić information content (AvgIpc) is 3.28. The summed E-state index contributed by atoms with van der Waals surface area (Å²) in [6.45, 7) is 50.6. The van der Waals surface area contributed by atoms with Gasteiger partial charge in [0.2, 0.25) is 0 Å². The third-order valence-corrected chi connectivity index (χ3v) is 162. The van der Waals surface area contributed by atoms with Crippen molar-refractivity contribution >= 4 is 51.9 Å². The van der Waals surface area contributed by atoms with Gasteiger partial charge in [-0.2, -0.15) is 0 Å². The molecule has 0 saturated carbocycles. The van der Waals surface area contributed by atoms with Crippen molar-refractivity contribution in [3.63, 3.8) is 0 Å². The lowest BCUT2D eigenvalue weighted by Gasteiger charge is -2.59. The molecule has 1 atom stereocenters. The van der Waals surface area contributed by atoms with Crippen LogP contribution in [-0.2, 0) is 0 Å². The third-order valence-electron chi connectivity index (χ3n) is 9.96. The summed E-state index contributed by atoms with van der Waals surface area (Å²) in [5.41, 5.74) is 0. The van der Waals surface area contributed by atoms with Gasteiger partial charge in [-0.15, -0.1) is 11.4 Å². The molecule has 3 radical (unpaired) electrons. The van der Waals surface area contributed by atoms with Gasteiger partial charge in [0, 0.05) is 43.9 Å². The average molecular weight is 526 g/mol. The molecule has 7 heteroatoms. The fourth-order valence-electron chi connectivity index (χ4n) is 7.00. The van der Waals surface area contributed by atoms with E-state index < -0.39 is 29.4 Å². The van der Waals surface area contributed by atoms with Gasteiger partial charge in [-0.3, -0.25) is 0 Å². The Balaban J connectivity index is 2.80. The van der Waals surface area contributed by atoms with Crippen LogP contribution in [0.5, 0.6) is 0 Å². The van der Waals surface area contributed by atoms with E-state index in [0.29, 0.717) is 20.2 Å². The van der Waals surface area contributed by atoms with Crippen molar-refractivity contribution in [1.82, 2.24) is 0 Å². The Morgan fingerprint density at radius 2 is 0.967 bits per heavy atom. The molecule has 0 aromatic heterocycles. The molecular weight excluding hydrogens is 473 g/mol. The summed E-state index contributed by atoms with van der Waals surface area (Å²) in [7, 11) is -4.34. The molecule has 0 nitrogen and oxygen atoms in total. The second-order valence-electron chi connectivity index (χ2n) is 15.9. The Kier molecular flexibility index (Phi) is 6.33. The molecule has 0 bridgehead atoms. The molecule has 2 heterocycles. The second kappa shape index (κ2) is 6.90. The first-order valence-electron chi connectivity index (χ1n) is 12.1. The Morgan fingerprint density at radius 3 is 1.20 bits per heavy atom. The number of hydrogen-bond donors (Lipinski definition) is 0. The van der Waals surface area contributed by atoms with Crippen LogP contribution in [0.2, 0.25) is 52.9 Å². The van der Waals surface area contributed by atoms with Crippen molar-refractivity contribution in [2.75, 3.05) is 0 Å².